The Balaban J connectivity index is 1.47. The SMILES string of the molecule is CC(=O)Nc1cccc([C@@H]2CN(Cc3ccc4c(c3)n(C)c(=O)n4C)C[C@]23CCCCC(=O)N3)c1. The van der Waals surface area contributed by atoms with Crippen molar-refractivity contribution in [2.24, 2.45) is 14.1 Å². The summed E-state index contributed by atoms with van der Waals surface area (Å²) in [5.74, 6) is 0.134. The molecule has 8 nitrogen and oxygen atoms in total. The Bertz CT molecular complexity index is 1360. The van der Waals surface area contributed by atoms with Crippen molar-refractivity contribution in [2.45, 2.75) is 50.6 Å². The molecule has 2 aliphatic rings. The van der Waals surface area contributed by atoms with Crippen molar-refractivity contribution in [3.63, 3.8) is 0 Å². The summed E-state index contributed by atoms with van der Waals surface area (Å²) in [7, 11) is 3.60. The molecule has 8 heteroatoms. The number of carbonyl (C=O) groups is 2. The molecular formula is C27H33N5O3. The van der Waals surface area contributed by atoms with Crippen LogP contribution in [0.4, 0.5) is 5.69 Å². The Morgan fingerprint density at radius 3 is 2.69 bits per heavy atom. The van der Waals surface area contributed by atoms with Gasteiger partial charge in [0, 0.05) is 58.7 Å². The molecule has 35 heavy (non-hydrogen) atoms. The topological polar surface area (TPSA) is 88.4 Å². The summed E-state index contributed by atoms with van der Waals surface area (Å²) in [4.78, 5) is 39.1. The average molecular weight is 476 g/mol. The number of anilines is 1. The second-order valence-electron chi connectivity index (χ2n) is 10.2. The molecule has 3 aromatic rings. The Morgan fingerprint density at radius 1 is 1.09 bits per heavy atom. The van der Waals surface area contributed by atoms with E-state index in [9.17, 15) is 14.4 Å². The van der Waals surface area contributed by atoms with Crippen molar-refractivity contribution >= 4 is 28.5 Å². The molecule has 3 heterocycles. The van der Waals surface area contributed by atoms with Crippen molar-refractivity contribution in [3.05, 3.63) is 64.1 Å². The van der Waals surface area contributed by atoms with Gasteiger partial charge in [-0.05, 0) is 48.2 Å². The van der Waals surface area contributed by atoms with Gasteiger partial charge in [0.05, 0.1) is 16.6 Å². The molecule has 2 atom stereocenters. The molecule has 0 bridgehead atoms. The van der Waals surface area contributed by atoms with E-state index in [0.29, 0.717) is 6.42 Å². The molecule has 2 fully saturated rings. The molecule has 2 amide bonds. The van der Waals surface area contributed by atoms with E-state index in [-0.39, 0.29) is 29.0 Å². The number of carbonyl (C=O) groups excluding carboxylic acids is 2. The molecule has 0 saturated carbocycles. The van der Waals surface area contributed by atoms with Gasteiger partial charge in [0.25, 0.3) is 0 Å². The number of nitrogens with zero attached hydrogens (tertiary/aromatic N) is 3. The van der Waals surface area contributed by atoms with E-state index < -0.39 is 0 Å². The number of amides is 2. The Hall–Kier alpha value is -3.39. The number of rotatable bonds is 4. The van der Waals surface area contributed by atoms with Crippen LogP contribution in [-0.2, 0) is 30.2 Å². The first-order valence-electron chi connectivity index (χ1n) is 12.3. The number of aromatic nitrogens is 2. The Kier molecular flexibility index (Phi) is 6.01. The molecule has 5 rings (SSSR count). The van der Waals surface area contributed by atoms with Crippen molar-refractivity contribution in [1.82, 2.24) is 19.4 Å². The fourth-order valence-electron chi connectivity index (χ4n) is 6.01. The minimum Gasteiger partial charge on any atom is -0.349 e. The van der Waals surface area contributed by atoms with Crippen LogP contribution in [0, 0.1) is 0 Å². The summed E-state index contributed by atoms with van der Waals surface area (Å²) >= 11 is 0. The van der Waals surface area contributed by atoms with E-state index >= 15 is 0 Å². The van der Waals surface area contributed by atoms with Crippen LogP contribution < -0.4 is 16.3 Å². The summed E-state index contributed by atoms with van der Waals surface area (Å²) in [6.07, 6.45) is 3.41. The molecule has 184 valence electrons. The van der Waals surface area contributed by atoms with E-state index in [2.05, 4.69) is 33.7 Å². The fraction of sp³-hybridized carbons (Fsp3) is 0.444. The summed E-state index contributed by atoms with van der Waals surface area (Å²) in [5.41, 5.74) is 4.51. The van der Waals surface area contributed by atoms with Crippen molar-refractivity contribution in [1.29, 1.82) is 0 Å². The number of hydrogen-bond acceptors (Lipinski definition) is 4. The van der Waals surface area contributed by atoms with Crippen LogP contribution in [-0.4, -0.2) is 44.5 Å². The molecular weight excluding hydrogens is 442 g/mol. The highest BCUT2D eigenvalue weighted by Gasteiger charge is 2.48. The zero-order valence-corrected chi connectivity index (χ0v) is 20.6. The number of hydrogen-bond donors (Lipinski definition) is 2. The zero-order valence-electron chi connectivity index (χ0n) is 20.6. The third kappa shape index (κ3) is 4.38. The van der Waals surface area contributed by atoms with Crippen molar-refractivity contribution < 1.29 is 9.59 Å². The normalized spacial score (nSPS) is 22.9. The van der Waals surface area contributed by atoms with Crippen molar-refractivity contribution in [3.8, 4) is 0 Å². The lowest BCUT2D eigenvalue weighted by atomic mass is 9.79. The largest absolute Gasteiger partial charge is 0.349 e. The molecule has 1 aromatic heterocycles. The van der Waals surface area contributed by atoms with Crippen LogP contribution in [0.15, 0.2) is 47.3 Å². The third-order valence-corrected chi connectivity index (χ3v) is 7.63. The number of likely N-dealkylation sites (tertiary alicyclic amines) is 1. The zero-order chi connectivity index (χ0) is 24.7. The summed E-state index contributed by atoms with van der Waals surface area (Å²) in [6.45, 7) is 3.81. The second kappa shape index (κ2) is 9.00. The molecule has 0 unspecified atom stereocenters. The summed E-state index contributed by atoms with van der Waals surface area (Å²) in [6, 6.07) is 14.2. The maximum atomic E-state index is 12.7. The van der Waals surface area contributed by atoms with Gasteiger partial charge >= 0.3 is 5.69 Å². The van der Waals surface area contributed by atoms with Crippen LogP contribution in [0.25, 0.3) is 11.0 Å². The van der Waals surface area contributed by atoms with Crippen LogP contribution in [0.3, 0.4) is 0 Å². The highest BCUT2D eigenvalue weighted by molar-refractivity contribution is 5.88. The quantitative estimate of drug-likeness (QED) is 0.607. The number of imidazole rings is 1. The highest BCUT2D eigenvalue weighted by Crippen LogP contribution is 2.42. The lowest BCUT2D eigenvalue weighted by molar-refractivity contribution is -0.122. The second-order valence-corrected chi connectivity index (χ2v) is 10.2. The van der Waals surface area contributed by atoms with Gasteiger partial charge in [-0.15, -0.1) is 0 Å². The van der Waals surface area contributed by atoms with Gasteiger partial charge < -0.3 is 10.6 Å². The van der Waals surface area contributed by atoms with Gasteiger partial charge in [0.15, 0.2) is 0 Å². The van der Waals surface area contributed by atoms with Gasteiger partial charge in [0.2, 0.25) is 11.8 Å². The van der Waals surface area contributed by atoms with Crippen molar-refractivity contribution in [2.75, 3.05) is 18.4 Å². The molecule has 1 spiro atoms. The predicted octanol–water partition coefficient (Wildman–Crippen LogP) is 2.86. The number of benzene rings is 2. The molecule has 0 radical (unpaired) electrons. The smallest absolute Gasteiger partial charge is 0.328 e. The lowest BCUT2D eigenvalue weighted by Crippen LogP contribution is -2.52. The lowest BCUT2D eigenvalue weighted by Gasteiger charge is -2.35. The highest BCUT2D eigenvalue weighted by atomic mass is 16.2. The van der Waals surface area contributed by atoms with Crippen LogP contribution >= 0.6 is 0 Å². The maximum Gasteiger partial charge on any atom is 0.328 e. The van der Waals surface area contributed by atoms with Gasteiger partial charge in [-0.1, -0.05) is 24.6 Å². The summed E-state index contributed by atoms with van der Waals surface area (Å²) < 4.78 is 3.36. The van der Waals surface area contributed by atoms with E-state index in [1.54, 1.807) is 23.2 Å². The first-order valence-corrected chi connectivity index (χ1v) is 12.3. The fourth-order valence-corrected chi connectivity index (χ4v) is 6.01. The van der Waals surface area contributed by atoms with Crippen LogP contribution in [0.2, 0.25) is 0 Å². The number of fused-ring (bicyclic) bond motifs is 1. The number of nitrogens with one attached hydrogen (secondary N) is 2. The molecule has 2 N–H and O–H groups in total. The van der Waals surface area contributed by atoms with E-state index in [4.69, 9.17) is 0 Å². The van der Waals surface area contributed by atoms with E-state index in [0.717, 1.165) is 66.7 Å². The minimum atomic E-state index is -0.341. The first kappa shape index (κ1) is 23.4. The Labute approximate surface area is 204 Å². The third-order valence-electron chi connectivity index (χ3n) is 7.63. The average Bonchev–Trinajstić information content (AvgIpc) is 3.17. The van der Waals surface area contributed by atoms with E-state index in [1.807, 2.05) is 24.3 Å². The van der Waals surface area contributed by atoms with Crippen LogP contribution in [0.1, 0.15) is 49.7 Å². The molecule has 2 saturated heterocycles. The van der Waals surface area contributed by atoms with Gasteiger partial charge in [-0.3, -0.25) is 23.6 Å². The standard InChI is InChI=1S/C27H33N5O3/c1-18(33)28-21-8-6-7-20(14-21)22-16-32(17-27(22)12-5-4-9-25(34)29-27)15-19-10-11-23-24(13-19)31(3)26(35)30(23)2/h6-8,10-11,13-14,22H,4-5,9,12,15-17H2,1-3H3,(H,28,33)(H,29,34)/t22-,27+/m0/s1. The molecule has 2 aromatic carbocycles. The monoisotopic (exact) mass is 475 g/mol. The molecule has 2 aliphatic heterocycles. The molecule has 0 aliphatic carbocycles. The van der Waals surface area contributed by atoms with Gasteiger partial charge in [-0.25, -0.2) is 4.79 Å². The van der Waals surface area contributed by atoms with Crippen LogP contribution in [0.5, 0.6) is 0 Å². The number of aryl methyl sites for hydroxylation is 2. The first-order chi connectivity index (χ1) is 16.8. The Morgan fingerprint density at radius 2 is 1.89 bits per heavy atom. The van der Waals surface area contributed by atoms with E-state index in [1.165, 1.54) is 6.92 Å². The minimum absolute atomic E-state index is 0.0300. The van der Waals surface area contributed by atoms with Gasteiger partial charge in [-0.2, -0.15) is 0 Å². The summed E-state index contributed by atoms with van der Waals surface area (Å²) in [5, 5.41) is 6.30. The maximum absolute atomic E-state index is 12.7. The van der Waals surface area contributed by atoms with Gasteiger partial charge in [0.1, 0.15) is 0 Å². The predicted molar refractivity (Wildman–Crippen MR) is 136 cm³/mol.